The van der Waals surface area contributed by atoms with Gasteiger partial charge in [0.25, 0.3) is 0 Å². The second-order valence-corrected chi connectivity index (χ2v) is 7.51. The van der Waals surface area contributed by atoms with Gasteiger partial charge in [0.15, 0.2) is 9.84 Å². The molecule has 0 saturated carbocycles. The molecule has 3 nitrogen and oxygen atoms in total. The molecule has 1 atom stereocenters. The predicted octanol–water partition coefficient (Wildman–Crippen LogP) is 2.42. The third kappa shape index (κ3) is 3.31. The first-order valence-electron chi connectivity index (χ1n) is 5.39. The van der Waals surface area contributed by atoms with Crippen molar-refractivity contribution in [3.8, 4) is 0 Å². The number of nitrogens with one attached hydrogen (secondary N) is 1. The van der Waals surface area contributed by atoms with E-state index in [9.17, 15) is 12.8 Å². The molecular formula is C11H13FINO2S. The standard InChI is InChI=1S/C11H13FINO2S/c12-9-4-1-5-10(11(9)13)14-8-3-2-6-17(15,16)7-8/h1,4-5,8,14H,2-3,6-7H2. The molecule has 1 heterocycles. The van der Waals surface area contributed by atoms with Crippen LogP contribution < -0.4 is 5.32 Å². The fourth-order valence-electron chi connectivity index (χ4n) is 1.97. The highest BCUT2D eigenvalue weighted by Gasteiger charge is 2.25. The van der Waals surface area contributed by atoms with Gasteiger partial charge in [-0.05, 0) is 47.6 Å². The fraction of sp³-hybridized carbons (Fsp3) is 0.455. The van der Waals surface area contributed by atoms with Crippen LogP contribution in [0.1, 0.15) is 12.8 Å². The Morgan fingerprint density at radius 3 is 2.88 bits per heavy atom. The SMILES string of the molecule is O=S1(=O)CCCC(Nc2cccc(F)c2I)C1. The summed E-state index contributed by atoms with van der Waals surface area (Å²) >= 11 is 1.92. The van der Waals surface area contributed by atoms with Crippen LogP contribution in [-0.4, -0.2) is 26.0 Å². The number of rotatable bonds is 2. The van der Waals surface area contributed by atoms with E-state index in [0.29, 0.717) is 15.7 Å². The molecule has 0 amide bonds. The fourth-order valence-corrected chi connectivity index (χ4v) is 4.12. The molecule has 94 valence electrons. The first kappa shape index (κ1) is 13.1. The summed E-state index contributed by atoms with van der Waals surface area (Å²) in [5.41, 5.74) is 0.674. The van der Waals surface area contributed by atoms with E-state index >= 15 is 0 Å². The minimum atomic E-state index is -2.93. The zero-order valence-electron chi connectivity index (χ0n) is 9.12. The molecule has 1 aromatic rings. The van der Waals surface area contributed by atoms with Gasteiger partial charge in [0.1, 0.15) is 5.82 Å². The van der Waals surface area contributed by atoms with E-state index in [1.54, 1.807) is 12.1 Å². The molecule has 0 aromatic heterocycles. The molecule has 1 aliphatic rings. The molecule has 1 aliphatic heterocycles. The Hall–Kier alpha value is -0.370. The molecule has 1 fully saturated rings. The molecule has 1 N–H and O–H groups in total. The molecule has 1 unspecified atom stereocenters. The Morgan fingerprint density at radius 2 is 2.18 bits per heavy atom. The van der Waals surface area contributed by atoms with Crippen molar-refractivity contribution in [2.75, 3.05) is 16.8 Å². The van der Waals surface area contributed by atoms with Crippen LogP contribution in [0.15, 0.2) is 18.2 Å². The van der Waals surface area contributed by atoms with E-state index in [1.807, 2.05) is 22.6 Å². The Kier molecular flexibility index (Phi) is 3.92. The van der Waals surface area contributed by atoms with Crippen molar-refractivity contribution in [2.45, 2.75) is 18.9 Å². The lowest BCUT2D eigenvalue weighted by molar-refractivity contribution is 0.561. The lowest BCUT2D eigenvalue weighted by atomic mass is 10.1. The van der Waals surface area contributed by atoms with E-state index in [4.69, 9.17) is 0 Å². The molecule has 6 heteroatoms. The van der Waals surface area contributed by atoms with Crippen LogP contribution in [0, 0.1) is 9.39 Å². The highest BCUT2D eigenvalue weighted by Crippen LogP contribution is 2.24. The van der Waals surface area contributed by atoms with Gasteiger partial charge < -0.3 is 5.32 Å². The number of hydrogen-bond acceptors (Lipinski definition) is 3. The topological polar surface area (TPSA) is 46.2 Å². The third-order valence-corrected chi connectivity index (χ3v) is 5.69. The zero-order chi connectivity index (χ0) is 12.5. The molecular weight excluding hydrogens is 356 g/mol. The van der Waals surface area contributed by atoms with Gasteiger partial charge in [0.2, 0.25) is 0 Å². The molecule has 0 radical (unpaired) electrons. The number of sulfone groups is 1. The lowest BCUT2D eigenvalue weighted by Crippen LogP contribution is -2.35. The van der Waals surface area contributed by atoms with Crippen LogP contribution in [0.2, 0.25) is 0 Å². The molecule has 17 heavy (non-hydrogen) atoms. The van der Waals surface area contributed by atoms with Crippen LogP contribution in [0.3, 0.4) is 0 Å². The Bertz CT molecular complexity index is 518. The van der Waals surface area contributed by atoms with Gasteiger partial charge in [0, 0.05) is 6.04 Å². The van der Waals surface area contributed by atoms with Crippen molar-refractivity contribution in [2.24, 2.45) is 0 Å². The van der Waals surface area contributed by atoms with E-state index in [2.05, 4.69) is 5.32 Å². The first-order chi connectivity index (χ1) is 7.98. The monoisotopic (exact) mass is 369 g/mol. The maximum atomic E-state index is 13.3. The molecule has 1 saturated heterocycles. The highest BCUT2D eigenvalue weighted by molar-refractivity contribution is 14.1. The summed E-state index contributed by atoms with van der Waals surface area (Å²) in [5.74, 6) is 0.125. The van der Waals surface area contributed by atoms with Gasteiger partial charge in [0.05, 0.1) is 20.8 Å². The van der Waals surface area contributed by atoms with Crippen LogP contribution >= 0.6 is 22.6 Å². The van der Waals surface area contributed by atoms with Gasteiger partial charge >= 0.3 is 0 Å². The Labute approximate surface area is 114 Å². The van der Waals surface area contributed by atoms with Crippen LogP contribution in [0.5, 0.6) is 0 Å². The van der Waals surface area contributed by atoms with Crippen LogP contribution in [-0.2, 0) is 9.84 Å². The van der Waals surface area contributed by atoms with Crippen molar-refractivity contribution >= 4 is 38.1 Å². The Morgan fingerprint density at radius 1 is 1.41 bits per heavy atom. The normalized spacial score (nSPS) is 23.3. The van der Waals surface area contributed by atoms with Crippen molar-refractivity contribution < 1.29 is 12.8 Å². The number of halogens is 2. The average molecular weight is 369 g/mol. The second kappa shape index (κ2) is 5.09. The number of anilines is 1. The van der Waals surface area contributed by atoms with Crippen LogP contribution in [0.25, 0.3) is 0 Å². The van der Waals surface area contributed by atoms with Crippen molar-refractivity contribution in [3.05, 3.63) is 27.6 Å². The first-order valence-corrected chi connectivity index (χ1v) is 8.29. The highest BCUT2D eigenvalue weighted by atomic mass is 127. The minimum absolute atomic E-state index is 0.107. The van der Waals surface area contributed by atoms with E-state index in [0.717, 1.165) is 6.42 Å². The molecule has 0 aliphatic carbocycles. The predicted molar refractivity (Wildman–Crippen MR) is 74.4 cm³/mol. The van der Waals surface area contributed by atoms with E-state index in [1.165, 1.54) is 6.07 Å². The second-order valence-electron chi connectivity index (χ2n) is 4.20. The van der Waals surface area contributed by atoms with Crippen molar-refractivity contribution in [3.63, 3.8) is 0 Å². The summed E-state index contributed by atoms with van der Waals surface area (Å²) in [4.78, 5) is 0. The number of hydrogen-bond donors (Lipinski definition) is 1. The summed E-state index contributed by atoms with van der Waals surface area (Å²) in [6.07, 6.45) is 1.48. The summed E-state index contributed by atoms with van der Waals surface area (Å²) < 4.78 is 36.8. The van der Waals surface area contributed by atoms with E-state index in [-0.39, 0.29) is 23.4 Å². The summed E-state index contributed by atoms with van der Waals surface area (Å²) in [7, 11) is -2.93. The maximum Gasteiger partial charge on any atom is 0.152 e. The third-order valence-electron chi connectivity index (χ3n) is 2.77. The van der Waals surface area contributed by atoms with Crippen LogP contribution in [0.4, 0.5) is 10.1 Å². The Balaban J connectivity index is 2.13. The van der Waals surface area contributed by atoms with Crippen molar-refractivity contribution in [1.82, 2.24) is 0 Å². The summed E-state index contributed by atoms with van der Waals surface area (Å²) in [6.45, 7) is 0. The maximum absolute atomic E-state index is 13.3. The largest absolute Gasteiger partial charge is 0.380 e. The minimum Gasteiger partial charge on any atom is -0.380 e. The van der Waals surface area contributed by atoms with Gasteiger partial charge in [-0.1, -0.05) is 6.07 Å². The quantitative estimate of drug-likeness (QED) is 0.815. The van der Waals surface area contributed by atoms with Gasteiger partial charge in [-0.15, -0.1) is 0 Å². The van der Waals surface area contributed by atoms with Gasteiger partial charge in [-0.2, -0.15) is 0 Å². The summed E-state index contributed by atoms with van der Waals surface area (Å²) in [6, 6.07) is 4.68. The smallest absolute Gasteiger partial charge is 0.152 e. The van der Waals surface area contributed by atoms with Crippen molar-refractivity contribution in [1.29, 1.82) is 0 Å². The van der Waals surface area contributed by atoms with Gasteiger partial charge in [-0.25, -0.2) is 12.8 Å². The molecule has 0 bridgehead atoms. The molecule has 1 aromatic carbocycles. The zero-order valence-corrected chi connectivity index (χ0v) is 12.1. The average Bonchev–Trinajstić information content (AvgIpc) is 2.23. The lowest BCUT2D eigenvalue weighted by Gasteiger charge is -2.24. The molecule has 2 rings (SSSR count). The number of benzene rings is 1. The molecule has 0 spiro atoms. The summed E-state index contributed by atoms with van der Waals surface area (Å²) in [5, 5.41) is 3.12. The van der Waals surface area contributed by atoms with E-state index < -0.39 is 9.84 Å². The van der Waals surface area contributed by atoms with Gasteiger partial charge in [-0.3, -0.25) is 0 Å².